The fourth-order valence-electron chi connectivity index (χ4n) is 4.64. The summed E-state index contributed by atoms with van der Waals surface area (Å²) in [4.78, 5) is 29.5. The average Bonchev–Trinajstić information content (AvgIpc) is 2.82. The molecule has 0 aliphatic heterocycles. The van der Waals surface area contributed by atoms with Gasteiger partial charge < -0.3 is 10.1 Å². The first-order valence-electron chi connectivity index (χ1n) is 11.9. The standard InChI is InChI=1S/C27H31ClN4O3/c1-27(2,3)35-26(34)30-25(19-6-4-8-21(28)16-19)18-9-11-22(12-10-18)32-24(33)14-13-23(31-32)20-7-5-15-29-17-20/h4-8,13-18,22,25H,9-12H2,1-3H3,(H,30,34). The summed E-state index contributed by atoms with van der Waals surface area (Å²) in [5.74, 6) is 0.175. The molecule has 7 nitrogen and oxygen atoms in total. The monoisotopic (exact) mass is 494 g/mol. The molecule has 1 amide bonds. The van der Waals surface area contributed by atoms with Crippen molar-refractivity contribution in [2.24, 2.45) is 5.92 Å². The number of aromatic nitrogens is 3. The van der Waals surface area contributed by atoms with E-state index < -0.39 is 11.7 Å². The molecule has 184 valence electrons. The summed E-state index contributed by atoms with van der Waals surface area (Å²) in [5.41, 5.74) is 1.84. The number of carbonyl (C=O) groups excluding carboxylic acids is 1. The van der Waals surface area contributed by atoms with Crippen molar-refractivity contribution in [1.29, 1.82) is 0 Å². The lowest BCUT2D eigenvalue weighted by Gasteiger charge is -2.35. The second kappa shape index (κ2) is 10.6. The van der Waals surface area contributed by atoms with E-state index in [2.05, 4.69) is 15.4 Å². The molecule has 1 atom stereocenters. The Bertz CT molecular complexity index is 1210. The number of hydrogen-bond acceptors (Lipinski definition) is 5. The lowest BCUT2D eigenvalue weighted by atomic mass is 9.79. The highest BCUT2D eigenvalue weighted by Gasteiger charge is 2.32. The van der Waals surface area contributed by atoms with Crippen molar-refractivity contribution in [2.75, 3.05) is 0 Å². The Morgan fingerprint density at radius 3 is 2.54 bits per heavy atom. The lowest BCUT2D eigenvalue weighted by molar-refractivity contribution is 0.0471. The number of halogens is 1. The van der Waals surface area contributed by atoms with Gasteiger partial charge in [-0.05, 0) is 88.3 Å². The summed E-state index contributed by atoms with van der Waals surface area (Å²) in [6, 6.07) is 14.4. The zero-order chi connectivity index (χ0) is 25.0. The van der Waals surface area contributed by atoms with Crippen LogP contribution in [0.2, 0.25) is 5.02 Å². The van der Waals surface area contributed by atoms with Crippen LogP contribution in [-0.2, 0) is 4.74 Å². The van der Waals surface area contributed by atoms with Gasteiger partial charge in [-0.2, -0.15) is 5.10 Å². The van der Waals surface area contributed by atoms with E-state index in [9.17, 15) is 9.59 Å². The van der Waals surface area contributed by atoms with Gasteiger partial charge in [0.05, 0.1) is 17.8 Å². The summed E-state index contributed by atoms with van der Waals surface area (Å²) in [6.07, 6.45) is 6.20. The number of nitrogens with one attached hydrogen (secondary N) is 1. The zero-order valence-corrected chi connectivity index (χ0v) is 21.0. The van der Waals surface area contributed by atoms with Crippen LogP contribution in [-0.4, -0.2) is 26.5 Å². The van der Waals surface area contributed by atoms with Gasteiger partial charge in [0.25, 0.3) is 5.56 Å². The number of ether oxygens (including phenoxy) is 1. The quantitative estimate of drug-likeness (QED) is 0.473. The minimum Gasteiger partial charge on any atom is -0.444 e. The van der Waals surface area contributed by atoms with E-state index in [4.69, 9.17) is 16.3 Å². The van der Waals surface area contributed by atoms with Crippen molar-refractivity contribution in [3.8, 4) is 11.3 Å². The van der Waals surface area contributed by atoms with E-state index in [0.29, 0.717) is 5.02 Å². The molecule has 1 fully saturated rings. The van der Waals surface area contributed by atoms with E-state index in [1.807, 2.05) is 57.2 Å². The Balaban J connectivity index is 1.52. The minimum atomic E-state index is -0.591. The van der Waals surface area contributed by atoms with E-state index >= 15 is 0 Å². The second-order valence-electron chi connectivity index (χ2n) is 9.99. The van der Waals surface area contributed by atoms with Gasteiger partial charge >= 0.3 is 6.09 Å². The van der Waals surface area contributed by atoms with E-state index in [-0.39, 0.29) is 23.6 Å². The first-order chi connectivity index (χ1) is 16.7. The number of hydrogen-bond donors (Lipinski definition) is 1. The van der Waals surface area contributed by atoms with Crippen LogP contribution in [0.25, 0.3) is 11.3 Å². The van der Waals surface area contributed by atoms with Gasteiger partial charge in [-0.1, -0.05) is 23.7 Å². The van der Waals surface area contributed by atoms with Crippen LogP contribution < -0.4 is 10.9 Å². The number of amides is 1. The zero-order valence-electron chi connectivity index (χ0n) is 20.3. The van der Waals surface area contributed by atoms with Crippen LogP contribution in [0.4, 0.5) is 4.79 Å². The van der Waals surface area contributed by atoms with Crippen LogP contribution in [0.1, 0.15) is 64.1 Å². The molecular formula is C27H31ClN4O3. The molecule has 2 aromatic heterocycles. The van der Waals surface area contributed by atoms with Crippen LogP contribution in [0, 0.1) is 5.92 Å². The fourth-order valence-corrected chi connectivity index (χ4v) is 4.84. The third kappa shape index (κ3) is 6.48. The minimum absolute atomic E-state index is 0.00286. The van der Waals surface area contributed by atoms with Gasteiger partial charge in [-0.15, -0.1) is 0 Å². The van der Waals surface area contributed by atoms with E-state index in [1.165, 1.54) is 0 Å². The number of nitrogens with zero attached hydrogens (tertiary/aromatic N) is 3. The number of rotatable bonds is 5. The molecule has 35 heavy (non-hydrogen) atoms. The van der Waals surface area contributed by atoms with Crippen LogP contribution in [0.15, 0.2) is 65.7 Å². The smallest absolute Gasteiger partial charge is 0.408 e. The van der Waals surface area contributed by atoms with Gasteiger partial charge in [-0.25, -0.2) is 9.48 Å². The first kappa shape index (κ1) is 24.9. The maximum atomic E-state index is 12.7. The van der Waals surface area contributed by atoms with Crippen molar-refractivity contribution in [3.63, 3.8) is 0 Å². The molecule has 1 N–H and O–H groups in total. The molecule has 8 heteroatoms. The summed E-state index contributed by atoms with van der Waals surface area (Å²) in [5, 5.41) is 8.34. The lowest BCUT2D eigenvalue weighted by Crippen LogP contribution is -2.39. The third-order valence-corrected chi connectivity index (χ3v) is 6.46. The van der Waals surface area contributed by atoms with E-state index in [0.717, 1.165) is 42.5 Å². The first-order valence-corrected chi connectivity index (χ1v) is 12.3. The molecule has 2 heterocycles. The summed E-state index contributed by atoms with van der Waals surface area (Å²) >= 11 is 6.26. The Morgan fingerprint density at radius 2 is 1.89 bits per heavy atom. The molecule has 0 radical (unpaired) electrons. The highest BCUT2D eigenvalue weighted by atomic mass is 35.5. The van der Waals surface area contributed by atoms with Gasteiger partial charge in [0.2, 0.25) is 0 Å². The highest BCUT2D eigenvalue weighted by Crippen LogP contribution is 2.39. The average molecular weight is 495 g/mol. The summed E-state index contributed by atoms with van der Waals surface area (Å²) in [7, 11) is 0. The number of pyridine rings is 1. The Labute approximate surface area is 210 Å². The van der Waals surface area contributed by atoms with Crippen molar-refractivity contribution >= 4 is 17.7 Å². The summed E-state index contributed by atoms with van der Waals surface area (Å²) < 4.78 is 7.13. The van der Waals surface area contributed by atoms with Crippen molar-refractivity contribution in [1.82, 2.24) is 20.1 Å². The van der Waals surface area contributed by atoms with Crippen molar-refractivity contribution < 1.29 is 9.53 Å². The SMILES string of the molecule is CC(C)(C)OC(=O)NC(c1cccc(Cl)c1)C1CCC(n2nc(-c3cccnc3)ccc2=O)CC1. The fraction of sp³-hybridized carbons (Fsp3) is 0.407. The molecular weight excluding hydrogens is 464 g/mol. The Morgan fingerprint density at radius 1 is 1.11 bits per heavy atom. The normalized spacial score (nSPS) is 19.1. The predicted octanol–water partition coefficient (Wildman–Crippen LogP) is 5.96. The van der Waals surface area contributed by atoms with Gasteiger partial charge in [0.1, 0.15) is 5.60 Å². The van der Waals surface area contributed by atoms with Crippen LogP contribution in [0.3, 0.4) is 0 Å². The maximum Gasteiger partial charge on any atom is 0.408 e. The molecule has 4 rings (SSSR count). The van der Waals surface area contributed by atoms with Gasteiger partial charge in [0, 0.05) is 29.0 Å². The molecule has 1 saturated carbocycles. The van der Waals surface area contributed by atoms with Crippen molar-refractivity contribution in [2.45, 2.75) is 64.1 Å². The van der Waals surface area contributed by atoms with Crippen LogP contribution >= 0.6 is 11.6 Å². The number of carbonyl (C=O) groups is 1. The highest BCUT2D eigenvalue weighted by molar-refractivity contribution is 6.30. The number of alkyl carbamates (subject to hydrolysis) is 1. The molecule has 1 aliphatic carbocycles. The predicted molar refractivity (Wildman–Crippen MR) is 136 cm³/mol. The van der Waals surface area contributed by atoms with Crippen molar-refractivity contribution in [3.05, 3.63) is 81.9 Å². The largest absolute Gasteiger partial charge is 0.444 e. The number of benzene rings is 1. The van der Waals surface area contributed by atoms with E-state index in [1.54, 1.807) is 29.2 Å². The molecule has 1 aromatic carbocycles. The Hall–Kier alpha value is -3.19. The molecule has 1 unspecified atom stereocenters. The molecule has 0 bridgehead atoms. The van der Waals surface area contributed by atoms with Gasteiger partial charge in [0.15, 0.2) is 0 Å². The third-order valence-electron chi connectivity index (χ3n) is 6.22. The molecule has 1 aliphatic rings. The second-order valence-corrected chi connectivity index (χ2v) is 10.4. The van der Waals surface area contributed by atoms with Gasteiger partial charge in [-0.3, -0.25) is 9.78 Å². The summed E-state index contributed by atoms with van der Waals surface area (Å²) in [6.45, 7) is 5.53. The Kier molecular flexibility index (Phi) is 7.55. The maximum absolute atomic E-state index is 12.7. The topological polar surface area (TPSA) is 86.1 Å². The molecule has 0 saturated heterocycles. The molecule has 3 aromatic rings. The van der Waals surface area contributed by atoms with Crippen LogP contribution in [0.5, 0.6) is 0 Å². The molecule has 0 spiro atoms.